The van der Waals surface area contributed by atoms with Crippen molar-refractivity contribution in [3.63, 3.8) is 0 Å². The Morgan fingerprint density at radius 1 is 1.05 bits per heavy atom. The molecule has 0 unspecified atom stereocenters. The van der Waals surface area contributed by atoms with Crippen molar-refractivity contribution in [2.24, 2.45) is 5.41 Å². The van der Waals surface area contributed by atoms with Gasteiger partial charge in [0.25, 0.3) is 0 Å². The number of hydrogen-bond acceptors (Lipinski definition) is 6. The maximum Gasteiger partial charge on any atom is 0.409 e. The number of carbonyl (C=O) groups excluding carboxylic acids is 3. The van der Waals surface area contributed by atoms with Crippen molar-refractivity contribution in [2.45, 2.75) is 32.6 Å². The summed E-state index contributed by atoms with van der Waals surface area (Å²) in [6.45, 7) is 2.91. The number of piperidine rings is 1. The SMILES string of the molecule is CCCCOC(=O)N1CCC(C(=O)OC)(C(=O)OC)CC1. The normalized spacial score (nSPS) is 17.0. The zero-order valence-electron chi connectivity index (χ0n) is 12.8. The van der Waals surface area contributed by atoms with Gasteiger partial charge >= 0.3 is 18.0 Å². The van der Waals surface area contributed by atoms with Gasteiger partial charge < -0.3 is 19.1 Å². The third kappa shape index (κ3) is 3.86. The van der Waals surface area contributed by atoms with Gasteiger partial charge in [0.1, 0.15) is 0 Å². The van der Waals surface area contributed by atoms with E-state index in [2.05, 4.69) is 0 Å². The molecule has 7 heteroatoms. The van der Waals surface area contributed by atoms with Gasteiger partial charge in [0.2, 0.25) is 0 Å². The molecule has 1 aliphatic heterocycles. The molecule has 0 aliphatic carbocycles. The molecule has 0 N–H and O–H groups in total. The summed E-state index contributed by atoms with van der Waals surface area (Å²) < 4.78 is 14.6. The quantitative estimate of drug-likeness (QED) is 0.330. The molecule has 0 spiro atoms. The minimum absolute atomic E-state index is 0.176. The van der Waals surface area contributed by atoms with Crippen molar-refractivity contribution in [3.05, 3.63) is 0 Å². The van der Waals surface area contributed by atoms with Gasteiger partial charge in [0, 0.05) is 13.1 Å². The van der Waals surface area contributed by atoms with E-state index in [0.717, 1.165) is 12.8 Å². The average molecular weight is 301 g/mol. The average Bonchev–Trinajstić information content (AvgIpc) is 2.53. The Hall–Kier alpha value is -1.79. The van der Waals surface area contributed by atoms with E-state index in [4.69, 9.17) is 14.2 Å². The topological polar surface area (TPSA) is 82.1 Å². The molecule has 0 radical (unpaired) electrons. The number of esters is 2. The lowest BCUT2D eigenvalue weighted by atomic mass is 9.78. The minimum Gasteiger partial charge on any atom is -0.468 e. The summed E-state index contributed by atoms with van der Waals surface area (Å²) in [6, 6.07) is 0. The lowest BCUT2D eigenvalue weighted by Gasteiger charge is -2.36. The van der Waals surface area contributed by atoms with Crippen LogP contribution in [0.1, 0.15) is 32.6 Å². The van der Waals surface area contributed by atoms with Crippen LogP contribution >= 0.6 is 0 Å². The first-order valence-corrected chi connectivity index (χ1v) is 7.10. The fourth-order valence-corrected chi connectivity index (χ4v) is 2.35. The van der Waals surface area contributed by atoms with Crippen LogP contribution in [0.15, 0.2) is 0 Å². The van der Waals surface area contributed by atoms with Crippen molar-refractivity contribution >= 4 is 18.0 Å². The second-order valence-electron chi connectivity index (χ2n) is 5.02. The highest BCUT2D eigenvalue weighted by atomic mass is 16.6. The van der Waals surface area contributed by atoms with E-state index in [0.29, 0.717) is 6.61 Å². The molecule has 1 amide bonds. The first-order chi connectivity index (χ1) is 10.0. The maximum atomic E-state index is 11.9. The molecule has 1 saturated heterocycles. The predicted molar refractivity (Wildman–Crippen MR) is 73.5 cm³/mol. The molecule has 0 aromatic carbocycles. The Bertz CT molecular complexity index is 369. The van der Waals surface area contributed by atoms with Crippen LogP contribution in [0.25, 0.3) is 0 Å². The summed E-state index contributed by atoms with van der Waals surface area (Å²) in [4.78, 5) is 37.2. The molecule has 1 aliphatic rings. The first-order valence-electron chi connectivity index (χ1n) is 7.10. The van der Waals surface area contributed by atoms with Gasteiger partial charge in [-0.1, -0.05) is 13.3 Å². The number of hydrogen-bond donors (Lipinski definition) is 0. The summed E-state index contributed by atoms with van der Waals surface area (Å²) in [5.74, 6) is -1.23. The molecule has 1 rings (SSSR count). The smallest absolute Gasteiger partial charge is 0.409 e. The molecule has 0 atom stereocenters. The van der Waals surface area contributed by atoms with Crippen molar-refractivity contribution in [1.82, 2.24) is 4.90 Å². The van der Waals surface area contributed by atoms with E-state index >= 15 is 0 Å². The molecular weight excluding hydrogens is 278 g/mol. The fourth-order valence-electron chi connectivity index (χ4n) is 2.35. The third-order valence-electron chi connectivity index (χ3n) is 3.75. The number of amides is 1. The Labute approximate surface area is 124 Å². The van der Waals surface area contributed by atoms with E-state index in [-0.39, 0.29) is 25.9 Å². The largest absolute Gasteiger partial charge is 0.468 e. The summed E-state index contributed by atoms with van der Waals surface area (Å²) in [7, 11) is 2.47. The molecule has 1 heterocycles. The van der Waals surface area contributed by atoms with E-state index in [9.17, 15) is 14.4 Å². The van der Waals surface area contributed by atoms with Crippen LogP contribution in [0.5, 0.6) is 0 Å². The van der Waals surface area contributed by atoms with Gasteiger partial charge in [0.15, 0.2) is 5.41 Å². The number of methoxy groups -OCH3 is 2. The number of ether oxygens (including phenoxy) is 3. The first kappa shape index (κ1) is 17.3. The Balaban J connectivity index is 2.64. The van der Waals surface area contributed by atoms with Crippen molar-refractivity contribution in [2.75, 3.05) is 33.9 Å². The number of carbonyl (C=O) groups is 3. The van der Waals surface area contributed by atoms with Gasteiger partial charge in [-0.15, -0.1) is 0 Å². The van der Waals surface area contributed by atoms with E-state index < -0.39 is 23.4 Å². The zero-order chi connectivity index (χ0) is 15.9. The maximum absolute atomic E-state index is 11.9. The molecule has 1 fully saturated rings. The van der Waals surface area contributed by atoms with Crippen molar-refractivity contribution in [3.8, 4) is 0 Å². The monoisotopic (exact) mass is 301 g/mol. The van der Waals surface area contributed by atoms with Gasteiger partial charge in [-0.2, -0.15) is 0 Å². The van der Waals surface area contributed by atoms with Gasteiger partial charge in [0.05, 0.1) is 20.8 Å². The van der Waals surface area contributed by atoms with Crippen LogP contribution in [-0.4, -0.2) is 56.8 Å². The number of rotatable bonds is 5. The van der Waals surface area contributed by atoms with E-state index in [1.165, 1.54) is 19.1 Å². The van der Waals surface area contributed by atoms with E-state index in [1.54, 1.807) is 0 Å². The number of unbranched alkanes of at least 4 members (excludes halogenated alkanes) is 1. The molecule has 0 aromatic rings. The van der Waals surface area contributed by atoms with E-state index in [1.807, 2.05) is 6.92 Å². The Morgan fingerprint density at radius 3 is 2.00 bits per heavy atom. The molecular formula is C14H23NO6. The summed E-state index contributed by atoms with van der Waals surface area (Å²) in [5, 5.41) is 0. The van der Waals surface area contributed by atoms with Crippen LogP contribution in [-0.2, 0) is 23.8 Å². The highest BCUT2D eigenvalue weighted by molar-refractivity contribution is 6.00. The molecule has 0 bridgehead atoms. The molecule has 120 valence electrons. The van der Waals surface area contributed by atoms with Crippen LogP contribution in [0.3, 0.4) is 0 Å². The lowest BCUT2D eigenvalue weighted by molar-refractivity contribution is -0.172. The predicted octanol–water partition coefficient (Wildman–Crippen LogP) is 1.35. The Kier molecular flexibility index (Phi) is 6.45. The summed E-state index contributed by atoms with van der Waals surface area (Å²) in [5.41, 5.74) is -1.32. The number of likely N-dealkylation sites (tertiary alicyclic amines) is 1. The fraction of sp³-hybridized carbons (Fsp3) is 0.786. The lowest BCUT2D eigenvalue weighted by Crippen LogP contribution is -2.51. The second kappa shape index (κ2) is 7.85. The molecule has 0 saturated carbocycles. The number of nitrogens with zero attached hydrogens (tertiary/aromatic N) is 1. The van der Waals surface area contributed by atoms with Gasteiger partial charge in [-0.05, 0) is 19.3 Å². The minimum atomic E-state index is -1.32. The molecule has 21 heavy (non-hydrogen) atoms. The molecule has 0 aromatic heterocycles. The third-order valence-corrected chi connectivity index (χ3v) is 3.75. The van der Waals surface area contributed by atoms with Gasteiger partial charge in [-0.3, -0.25) is 9.59 Å². The van der Waals surface area contributed by atoms with Crippen molar-refractivity contribution < 1.29 is 28.6 Å². The van der Waals surface area contributed by atoms with Gasteiger partial charge in [-0.25, -0.2) is 4.79 Å². The van der Waals surface area contributed by atoms with Crippen molar-refractivity contribution in [1.29, 1.82) is 0 Å². The van der Waals surface area contributed by atoms with Crippen LogP contribution in [0, 0.1) is 5.41 Å². The van der Waals surface area contributed by atoms with Crippen LogP contribution in [0.2, 0.25) is 0 Å². The highest BCUT2D eigenvalue weighted by Crippen LogP contribution is 2.34. The standard InChI is InChI=1S/C14H23NO6/c1-4-5-10-21-13(18)15-8-6-14(7-9-15,11(16)19-2)12(17)20-3/h4-10H2,1-3H3. The molecule has 7 nitrogen and oxygen atoms in total. The summed E-state index contributed by atoms with van der Waals surface area (Å²) in [6.07, 6.45) is 1.70. The summed E-state index contributed by atoms with van der Waals surface area (Å²) >= 11 is 0. The zero-order valence-corrected chi connectivity index (χ0v) is 12.8. The van der Waals surface area contributed by atoms with Crippen LogP contribution < -0.4 is 0 Å². The second-order valence-corrected chi connectivity index (χ2v) is 5.02. The highest BCUT2D eigenvalue weighted by Gasteiger charge is 2.51. The van der Waals surface area contributed by atoms with Crippen LogP contribution in [0.4, 0.5) is 4.79 Å². The Morgan fingerprint density at radius 2 is 1.57 bits per heavy atom.